The highest BCUT2D eigenvalue weighted by Crippen LogP contribution is 2.25. The summed E-state index contributed by atoms with van der Waals surface area (Å²) >= 11 is 7.35. The van der Waals surface area contributed by atoms with E-state index in [-0.39, 0.29) is 0 Å². The first-order chi connectivity index (χ1) is 8.60. The second-order valence-corrected chi connectivity index (χ2v) is 5.50. The van der Waals surface area contributed by atoms with Gasteiger partial charge >= 0.3 is 0 Å². The first-order valence-electron chi connectivity index (χ1n) is 5.48. The van der Waals surface area contributed by atoms with Crippen molar-refractivity contribution in [1.82, 2.24) is 4.98 Å². The average Bonchev–Trinajstić information content (AvgIpc) is 2.70. The summed E-state index contributed by atoms with van der Waals surface area (Å²) in [7, 11) is 1.95. The van der Waals surface area contributed by atoms with Crippen molar-refractivity contribution in [2.24, 2.45) is 0 Å². The summed E-state index contributed by atoms with van der Waals surface area (Å²) < 4.78 is 0. The largest absolute Gasteiger partial charge is 0.347 e. The van der Waals surface area contributed by atoms with E-state index in [9.17, 15) is 4.79 Å². The molecule has 18 heavy (non-hydrogen) atoms. The maximum absolute atomic E-state index is 10.8. The van der Waals surface area contributed by atoms with Gasteiger partial charge in [0.15, 0.2) is 11.4 Å². The molecule has 0 spiro atoms. The Bertz CT molecular complexity index is 568. The van der Waals surface area contributed by atoms with E-state index in [1.54, 1.807) is 0 Å². The van der Waals surface area contributed by atoms with Gasteiger partial charge in [-0.05, 0) is 24.6 Å². The van der Waals surface area contributed by atoms with Gasteiger partial charge in [0.05, 0.1) is 10.6 Å². The third-order valence-electron chi connectivity index (χ3n) is 2.56. The van der Waals surface area contributed by atoms with Crippen LogP contribution in [0.25, 0.3) is 0 Å². The molecule has 1 aromatic carbocycles. The molecule has 0 unspecified atom stereocenters. The number of carbonyl (C=O) groups is 1. The molecule has 0 fully saturated rings. The van der Waals surface area contributed by atoms with Crippen LogP contribution in [0.5, 0.6) is 0 Å². The van der Waals surface area contributed by atoms with E-state index in [1.807, 2.05) is 43.1 Å². The molecule has 0 radical (unpaired) electrons. The highest BCUT2D eigenvalue weighted by atomic mass is 35.5. The summed E-state index contributed by atoms with van der Waals surface area (Å²) in [6, 6.07) is 7.72. The Hall–Kier alpha value is -1.39. The lowest BCUT2D eigenvalue weighted by molar-refractivity contribution is 0.112. The lowest BCUT2D eigenvalue weighted by Gasteiger charge is -2.15. The van der Waals surface area contributed by atoms with Crippen LogP contribution in [0.2, 0.25) is 5.02 Å². The summed E-state index contributed by atoms with van der Waals surface area (Å²) in [5, 5.41) is 1.57. The number of aryl methyl sites for hydroxylation is 1. The summed E-state index contributed by atoms with van der Waals surface area (Å²) in [6.45, 7) is 2.56. The van der Waals surface area contributed by atoms with E-state index in [4.69, 9.17) is 11.6 Å². The topological polar surface area (TPSA) is 33.2 Å². The average molecular weight is 281 g/mol. The molecule has 0 atom stereocenters. The molecule has 0 N–H and O–H groups in total. The van der Waals surface area contributed by atoms with E-state index >= 15 is 0 Å². The molecular formula is C13H13ClN2OS. The minimum Gasteiger partial charge on any atom is -0.347 e. The van der Waals surface area contributed by atoms with Crippen LogP contribution < -0.4 is 4.90 Å². The number of nitrogens with zero attached hydrogens (tertiary/aromatic N) is 2. The molecule has 2 rings (SSSR count). The number of hydrogen-bond acceptors (Lipinski definition) is 4. The van der Waals surface area contributed by atoms with Crippen molar-refractivity contribution in [1.29, 1.82) is 0 Å². The molecule has 1 heterocycles. The zero-order valence-electron chi connectivity index (χ0n) is 10.2. The molecule has 94 valence electrons. The fourth-order valence-corrected chi connectivity index (χ4v) is 2.70. The van der Waals surface area contributed by atoms with Gasteiger partial charge < -0.3 is 4.90 Å². The normalized spacial score (nSPS) is 10.4. The number of anilines is 1. The van der Waals surface area contributed by atoms with Gasteiger partial charge in [-0.25, -0.2) is 4.98 Å². The predicted octanol–water partition coefficient (Wildman–Crippen LogP) is 3.55. The van der Waals surface area contributed by atoms with Crippen molar-refractivity contribution in [2.75, 3.05) is 11.9 Å². The Morgan fingerprint density at radius 3 is 2.89 bits per heavy atom. The number of rotatable bonds is 4. The van der Waals surface area contributed by atoms with Crippen molar-refractivity contribution in [2.45, 2.75) is 13.5 Å². The molecule has 5 heteroatoms. The van der Waals surface area contributed by atoms with Gasteiger partial charge in [-0.15, -0.1) is 0 Å². The number of aromatic nitrogens is 1. The molecule has 1 aromatic heterocycles. The summed E-state index contributed by atoms with van der Waals surface area (Å²) in [5.74, 6) is 0. The van der Waals surface area contributed by atoms with Crippen molar-refractivity contribution in [3.8, 4) is 0 Å². The third kappa shape index (κ3) is 2.89. The van der Waals surface area contributed by atoms with Gasteiger partial charge in [-0.2, -0.15) is 0 Å². The van der Waals surface area contributed by atoms with Gasteiger partial charge in [-0.1, -0.05) is 35.1 Å². The van der Waals surface area contributed by atoms with Gasteiger partial charge in [0.25, 0.3) is 0 Å². The Labute approximate surface area is 115 Å². The quantitative estimate of drug-likeness (QED) is 0.803. The van der Waals surface area contributed by atoms with Crippen LogP contribution in [0.15, 0.2) is 24.3 Å². The standard InChI is InChI=1S/C13H13ClN2OS/c1-9-12(8-17)18-13(15-9)16(2)7-10-4-3-5-11(14)6-10/h3-6,8H,7H2,1-2H3. The molecule has 0 saturated heterocycles. The maximum atomic E-state index is 10.8. The molecule has 0 amide bonds. The third-order valence-corrected chi connectivity index (χ3v) is 4.00. The number of aldehydes is 1. The minimum atomic E-state index is 0.683. The van der Waals surface area contributed by atoms with Gasteiger partial charge in [-0.3, -0.25) is 4.79 Å². The molecule has 0 saturated carbocycles. The van der Waals surface area contributed by atoms with Gasteiger partial charge in [0, 0.05) is 18.6 Å². The Morgan fingerprint density at radius 1 is 1.50 bits per heavy atom. The number of halogens is 1. The molecule has 3 nitrogen and oxygen atoms in total. The van der Waals surface area contributed by atoms with Crippen molar-refractivity contribution in [3.63, 3.8) is 0 Å². The first kappa shape index (κ1) is 13.1. The van der Waals surface area contributed by atoms with Crippen LogP contribution in [0.1, 0.15) is 20.9 Å². The second kappa shape index (κ2) is 5.50. The summed E-state index contributed by atoms with van der Waals surface area (Å²) in [5.41, 5.74) is 1.90. The summed E-state index contributed by atoms with van der Waals surface area (Å²) in [6.07, 6.45) is 0.851. The monoisotopic (exact) mass is 280 g/mol. The molecule has 0 aliphatic rings. The predicted molar refractivity (Wildman–Crippen MR) is 75.8 cm³/mol. The Morgan fingerprint density at radius 2 is 2.28 bits per heavy atom. The number of thiazole rings is 1. The van der Waals surface area contributed by atoms with Gasteiger partial charge in [0.1, 0.15) is 0 Å². The van der Waals surface area contributed by atoms with Gasteiger partial charge in [0.2, 0.25) is 0 Å². The Balaban J connectivity index is 2.16. The number of benzene rings is 1. The molecular weight excluding hydrogens is 268 g/mol. The molecule has 0 aliphatic heterocycles. The van der Waals surface area contributed by atoms with Crippen molar-refractivity contribution >= 4 is 34.4 Å². The van der Waals surface area contributed by atoms with Crippen molar-refractivity contribution < 1.29 is 4.79 Å². The molecule has 0 bridgehead atoms. The zero-order chi connectivity index (χ0) is 13.1. The maximum Gasteiger partial charge on any atom is 0.186 e. The lowest BCUT2D eigenvalue weighted by atomic mass is 10.2. The Kier molecular flexibility index (Phi) is 3.99. The zero-order valence-corrected chi connectivity index (χ0v) is 11.8. The van der Waals surface area contributed by atoms with E-state index in [2.05, 4.69) is 4.98 Å². The van der Waals surface area contributed by atoms with E-state index < -0.39 is 0 Å². The van der Waals surface area contributed by atoms with Crippen LogP contribution in [0, 0.1) is 6.92 Å². The number of hydrogen-bond donors (Lipinski definition) is 0. The number of carbonyl (C=O) groups excluding carboxylic acids is 1. The van der Waals surface area contributed by atoms with Crippen LogP contribution >= 0.6 is 22.9 Å². The first-order valence-corrected chi connectivity index (χ1v) is 6.68. The minimum absolute atomic E-state index is 0.683. The fraction of sp³-hybridized carbons (Fsp3) is 0.231. The highest BCUT2D eigenvalue weighted by Gasteiger charge is 2.11. The summed E-state index contributed by atoms with van der Waals surface area (Å²) in [4.78, 5) is 17.9. The highest BCUT2D eigenvalue weighted by molar-refractivity contribution is 7.17. The molecule has 0 aliphatic carbocycles. The SMILES string of the molecule is Cc1nc(N(C)Cc2cccc(Cl)c2)sc1C=O. The van der Waals surface area contributed by atoms with Crippen LogP contribution in [-0.2, 0) is 6.54 Å². The lowest BCUT2D eigenvalue weighted by Crippen LogP contribution is -2.15. The van der Waals surface area contributed by atoms with Crippen LogP contribution in [-0.4, -0.2) is 18.3 Å². The van der Waals surface area contributed by atoms with E-state index in [0.29, 0.717) is 11.4 Å². The van der Waals surface area contributed by atoms with Crippen LogP contribution in [0.4, 0.5) is 5.13 Å². The van der Waals surface area contributed by atoms with E-state index in [1.165, 1.54) is 11.3 Å². The smallest absolute Gasteiger partial charge is 0.186 e. The second-order valence-electron chi connectivity index (χ2n) is 4.05. The van der Waals surface area contributed by atoms with Crippen molar-refractivity contribution in [3.05, 3.63) is 45.4 Å². The van der Waals surface area contributed by atoms with Crippen LogP contribution in [0.3, 0.4) is 0 Å². The van der Waals surface area contributed by atoms with E-state index in [0.717, 1.165) is 27.7 Å². The molecule has 2 aromatic rings. The fourth-order valence-electron chi connectivity index (χ4n) is 1.64.